The van der Waals surface area contributed by atoms with Crippen molar-refractivity contribution in [2.24, 2.45) is 0 Å². The number of anilines is 2. The van der Waals surface area contributed by atoms with Gasteiger partial charge in [0.15, 0.2) is 5.82 Å². The second-order valence-electron chi connectivity index (χ2n) is 5.91. The SMILES string of the molecule is Nc1ncnc(N2CCC(O)(Cc3cccc(F)c3)CC2)c1Cl. The highest BCUT2D eigenvalue weighted by Gasteiger charge is 2.33. The van der Waals surface area contributed by atoms with Gasteiger partial charge in [0, 0.05) is 19.5 Å². The zero-order valence-electron chi connectivity index (χ0n) is 12.5. The first-order valence-electron chi connectivity index (χ1n) is 7.45. The number of aliphatic hydroxyl groups is 1. The van der Waals surface area contributed by atoms with Crippen molar-refractivity contribution in [1.82, 2.24) is 9.97 Å². The topological polar surface area (TPSA) is 75.3 Å². The van der Waals surface area contributed by atoms with E-state index in [9.17, 15) is 9.50 Å². The smallest absolute Gasteiger partial charge is 0.153 e. The second kappa shape index (κ2) is 6.29. The molecule has 1 aromatic carbocycles. The van der Waals surface area contributed by atoms with Crippen LogP contribution < -0.4 is 10.6 Å². The monoisotopic (exact) mass is 336 g/mol. The second-order valence-corrected chi connectivity index (χ2v) is 6.29. The van der Waals surface area contributed by atoms with Gasteiger partial charge >= 0.3 is 0 Å². The number of benzene rings is 1. The maximum Gasteiger partial charge on any atom is 0.153 e. The Hall–Kier alpha value is -1.92. The molecule has 1 fully saturated rings. The minimum Gasteiger partial charge on any atom is -0.389 e. The van der Waals surface area contributed by atoms with E-state index in [0.29, 0.717) is 43.2 Å². The van der Waals surface area contributed by atoms with Crippen LogP contribution in [0.15, 0.2) is 30.6 Å². The highest BCUT2D eigenvalue weighted by Crippen LogP contribution is 2.33. The average molecular weight is 337 g/mol. The quantitative estimate of drug-likeness (QED) is 0.900. The molecule has 0 saturated carbocycles. The maximum atomic E-state index is 13.3. The third kappa shape index (κ3) is 3.54. The van der Waals surface area contributed by atoms with Gasteiger partial charge in [-0.05, 0) is 30.5 Å². The number of aromatic nitrogens is 2. The summed E-state index contributed by atoms with van der Waals surface area (Å²) in [5.74, 6) is 0.552. The molecule has 2 aromatic rings. The van der Waals surface area contributed by atoms with Crippen molar-refractivity contribution < 1.29 is 9.50 Å². The summed E-state index contributed by atoms with van der Waals surface area (Å²) in [7, 11) is 0. The van der Waals surface area contributed by atoms with Gasteiger partial charge in [-0.1, -0.05) is 23.7 Å². The normalized spacial score (nSPS) is 17.3. The molecule has 122 valence electrons. The average Bonchev–Trinajstić information content (AvgIpc) is 2.51. The van der Waals surface area contributed by atoms with E-state index in [1.54, 1.807) is 6.07 Å². The molecule has 0 radical (unpaired) electrons. The molecule has 0 unspecified atom stereocenters. The fraction of sp³-hybridized carbons (Fsp3) is 0.375. The summed E-state index contributed by atoms with van der Waals surface area (Å²) in [6, 6.07) is 6.35. The van der Waals surface area contributed by atoms with E-state index >= 15 is 0 Å². The van der Waals surface area contributed by atoms with E-state index in [0.717, 1.165) is 5.56 Å². The highest BCUT2D eigenvalue weighted by atomic mass is 35.5. The third-order valence-corrected chi connectivity index (χ3v) is 4.58. The Labute approximate surface area is 138 Å². The molecule has 3 N–H and O–H groups in total. The molecule has 0 spiro atoms. The van der Waals surface area contributed by atoms with Gasteiger partial charge < -0.3 is 15.7 Å². The van der Waals surface area contributed by atoms with Crippen LogP contribution in [0.5, 0.6) is 0 Å². The Balaban J connectivity index is 1.69. The molecule has 1 aliphatic heterocycles. The predicted octanol–water partition coefficient (Wildman–Crippen LogP) is 2.43. The van der Waals surface area contributed by atoms with E-state index in [-0.39, 0.29) is 11.6 Å². The van der Waals surface area contributed by atoms with E-state index < -0.39 is 5.60 Å². The maximum absolute atomic E-state index is 13.3. The summed E-state index contributed by atoms with van der Waals surface area (Å²) in [6.07, 6.45) is 2.90. The lowest BCUT2D eigenvalue weighted by Crippen LogP contribution is -2.46. The highest BCUT2D eigenvalue weighted by molar-refractivity contribution is 6.35. The van der Waals surface area contributed by atoms with Gasteiger partial charge in [-0.15, -0.1) is 0 Å². The summed E-state index contributed by atoms with van der Waals surface area (Å²) in [6.45, 7) is 1.20. The Kier molecular flexibility index (Phi) is 4.37. The zero-order valence-corrected chi connectivity index (χ0v) is 13.3. The van der Waals surface area contributed by atoms with Crippen molar-refractivity contribution in [3.63, 3.8) is 0 Å². The van der Waals surface area contributed by atoms with E-state index in [2.05, 4.69) is 9.97 Å². The minimum atomic E-state index is -0.852. The number of nitrogens with two attached hydrogens (primary N) is 1. The molecule has 1 aliphatic rings. The molecular formula is C16H18ClFN4O. The fourth-order valence-corrected chi connectivity index (χ4v) is 3.15. The van der Waals surface area contributed by atoms with Gasteiger partial charge in [0.05, 0.1) is 5.60 Å². The van der Waals surface area contributed by atoms with Crippen LogP contribution in [0.25, 0.3) is 0 Å². The van der Waals surface area contributed by atoms with Crippen molar-refractivity contribution >= 4 is 23.2 Å². The molecule has 0 aliphatic carbocycles. The lowest BCUT2D eigenvalue weighted by molar-refractivity contribution is 0.0164. The number of piperidine rings is 1. The van der Waals surface area contributed by atoms with E-state index in [1.807, 2.05) is 11.0 Å². The number of nitrogen functional groups attached to an aromatic ring is 1. The summed E-state index contributed by atoms with van der Waals surface area (Å²) in [4.78, 5) is 10.0. The molecule has 0 atom stereocenters. The molecule has 7 heteroatoms. The van der Waals surface area contributed by atoms with Crippen LogP contribution >= 0.6 is 11.6 Å². The molecule has 2 heterocycles. The summed E-state index contributed by atoms with van der Waals surface area (Å²) in [5, 5.41) is 11.1. The minimum absolute atomic E-state index is 0.247. The van der Waals surface area contributed by atoms with Crippen molar-refractivity contribution in [2.75, 3.05) is 23.7 Å². The van der Waals surface area contributed by atoms with E-state index in [4.69, 9.17) is 17.3 Å². The van der Waals surface area contributed by atoms with Gasteiger partial charge in [0.25, 0.3) is 0 Å². The van der Waals surface area contributed by atoms with Crippen molar-refractivity contribution in [2.45, 2.75) is 24.9 Å². The largest absolute Gasteiger partial charge is 0.389 e. The standard InChI is InChI=1S/C16H18ClFN4O/c17-13-14(19)20-10-21-15(13)22-6-4-16(23,5-7-22)9-11-2-1-3-12(18)8-11/h1-3,8,10,23H,4-7,9H2,(H2,19,20,21). The van der Waals surface area contributed by atoms with Gasteiger partial charge in [-0.25, -0.2) is 14.4 Å². The first-order chi connectivity index (χ1) is 11.0. The molecule has 0 amide bonds. The summed E-state index contributed by atoms with van der Waals surface area (Å²) >= 11 is 6.15. The molecule has 23 heavy (non-hydrogen) atoms. The lowest BCUT2D eigenvalue weighted by atomic mass is 9.85. The Morgan fingerprint density at radius 2 is 2.04 bits per heavy atom. The number of rotatable bonds is 3. The predicted molar refractivity (Wildman–Crippen MR) is 88.0 cm³/mol. The van der Waals surface area contributed by atoms with Crippen LogP contribution in [-0.2, 0) is 6.42 Å². The van der Waals surface area contributed by atoms with Gasteiger partial charge in [0.1, 0.15) is 23.0 Å². The van der Waals surface area contributed by atoms with Crippen LogP contribution in [0.3, 0.4) is 0 Å². The molecule has 5 nitrogen and oxygen atoms in total. The van der Waals surface area contributed by atoms with E-state index in [1.165, 1.54) is 18.5 Å². The zero-order chi connectivity index (χ0) is 16.4. The van der Waals surface area contributed by atoms with Crippen LogP contribution in [0, 0.1) is 5.82 Å². The van der Waals surface area contributed by atoms with Crippen LogP contribution in [-0.4, -0.2) is 33.8 Å². The summed E-state index contributed by atoms with van der Waals surface area (Å²) < 4.78 is 13.3. The first-order valence-corrected chi connectivity index (χ1v) is 7.82. The van der Waals surface area contributed by atoms with Crippen LogP contribution in [0.4, 0.5) is 16.0 Å². The Bertz CT molecular complexity index is 704. The molecule has 1 saturated heterocycles. The number of hydrogen-bond acceptors (Lipinski definition) is 5. The third-order valence-electron chi connectivity index (χ3n) is 4.21. The van der Waals surface area contributed by atoms with Gasteiger partial charge in [0.2, 0.25) is 0 Å². The first kappa shape index (κ1) is 16.0. The number of hydrogen-bond donors (Lipinski definition) is 2. The van der Waals surface area contributed by atoms with Crippen LogP contribution in [0.2, 0.25) is 5.02 Å². The Morgan fingerprint density at radius 3 is 2.74 bits per heavy atom. The number of nitrogens with zero attached hydrogens (tertiary/aromatic N) is 3. The Morgan fingerprint density at radius 1 is 1.30 bits per heavy atom. The molecular weight excluding hydrogens is 319 g/mol. The molecule has 0 bridgehead atoms. The summed E-state index contributed by atoms with van der Waals surface area (Å²) in [5.41, 5.74) is 5.65. The van der Waals surface area contributed by atoms with Gasteiger partial charge in [-0.3, -0.25) is 0 Å². The van der Waals surface area contributed by atoms with Crippen molar-refractivity contribution in [3.8, 4) is 0 Å². The molecule has 1 aromatic heterocycles. The van der Waals surface area contributed by atoms with Crippen LogP contribution in [0.1, 0.15) is 18.4 Å². The van der Waals surface area contributed by atoms with Gasteiger partial charge in [-0.2, -0.15) is 0 Å². The number of halogens is 2. The fourth-order valence-electron chi connectivity index (χ4n) is 2.93. The lowest BCUT2D eigenvalue weighted by Gasteiger charge is -2.39. The molecule has 3 rings (SSSR count). The van der Waals surface area contributed by atoms with Crippen molar-refractivity contribution in [3.05, 3.63) is 47.0 Å². The van der Waals surface area contributed by atoms with Crippen molar-refractivity contribution in [1.29, 1.82) is 0 Å².